The van der Waals surface area contributed by atoms with Crippen molar-refractivity contribution >= 4 is 11.7 Å². The first-order chi connectivity index (χ1) is 8.45. The van der Waals surface area contributed by atoms with E-state index in [9.17, 15) is 9.18 Å². The first-order valence-corrected chi connectivity index (χ1v) is 5.79. The zero-order chi connectivity index (χ0) is 13.8. The van der Waals surface area contributed by atoms with Gasteiger partial charge in [-0.3, -0.25) is 4.79 Å². The van der Waals surface area contributed by atoms with Crippen LogP contribution in [0.5, 0.6) is 0 Å². The number of carbonyl (C=O) groups excluding carboxylic acids is 1. The average molecular weight is 251 g/mol. The molecule has 1 atom stereocenters. The summed E-state index contributed by atoms with van der Waals surface area (Å²) >= 11 is 0. The van der Waals surface area contributed by atoms with Crippen LogP contribution in [-0.2, 0) is 14.9 Å². The summed E-state index contributed by atoms with van der Waals surface area (Å²) < 4.78 is 18.4. The topological polar surface area (TPSA) is 52.3 Å². The molecule has 4 heteroatoms. The maximum Gasteiger partial charge on any atom is 0.316 e. The minimum absolute atomic E-state index is 0.265. The molecule has 1 rings (SSSR count). The van der Waals surface area contributed by atoms with E-state index in [1.54, 1.807) is 19.9 Å². The van der Waals surface area contributed by atoms with Crippen LogP contribution >= 0.6 is 0 Å². The van der Waals surface area contributed by atoms with Crippen LogP contribution < -0.4 is 5.73 Å². The zero-order valence-electron chi connectivity index (χ0n) is 10.7. The molecule has 0 amide bonds. The van der Waals surface area contributed by atoms with Crippen molar-refractivity contribution in [2.45, 2.75) is 25.7 Å². The SMILES string of the molecule is C=CCC(C)(C(=O)OCC)c1cc(F)ccc1N. The van der Waals surface area contributed by atoms with Gasteiger partial charge in [0.1, 0.15) is 5.82 Å². The highest BCUT2D eigenvalue weighted by Gasteiger charge is 2.37. The molecular weight excluding hydrogens is 233 g/mol. The quantitative estimate of drug-likeness (QED) is 0.497. The molecule has 3 nitrogen and oxygen atoms in total. The second-order valence-electron chi connectivity index (χ2n) is 4.28. The molecule has 1 unspecified atom stereocenters. The number of allylic oxidation sites excluding steroid dienone is 1. The molecule has 18 heavy (non-hydrogen) atoms. The molecule has 0 aliphatic heterocycles. The maximum absolute atomic E-state index is 13.3. The lowest BCUT2D eigenvalue weighted by atomic mass is 9.78. The third-order valence-corrected chi connectivity index (χ3v) is 2.89. The minimum atomic E-state index is -1.01. The number of carbonyl (C=O) groups is 1. The van der Waals surface area contributed by atoms with E-state index < -0.39 is 17.2 Å². The third kappa shape index (κ3) is 2.70. The molecule has 98 valence electrons. The highest BCUT2D eigenvalue weighted by atomic mass is 19.1. The monoisotopic (exact) mass is 251 g/mol. The van der Waals surface area contributed by atoms with Crippen molar-refractivity contribution in [2.75, 3.05) is 12.3 Å². The Kier molecular flexibility index (Phi) is 4.48. The average Bonchev–Trinajstić information content (AvgIpc) is 2.32. The smallest absolute Gasteiger partial charge is 0.316 e. The number of hydrogen-bond acceptors (Lipinski definition) is 3. The van der Waals surface area contributed by atoms with E-state index in [0.717, 1.165) is 0 Å². The Morgan fingerprint density at radius 3 is 2.83 bits per heavy atom. The Morgan fingerprint density at radius 2 is 2.28 bits per heavy atom. The first kappa shape index (κ1) is 14.2. The van der Waals surface area contributed by atoms with Crippen LogP contribution in [0.2, 0.25) is 0 Å². The molecule has 1 aromatic carbocycles. The molecule has 0 fully saturated rings. The van der Waals surface area contributed by atoms with Crippen LogP contribution in [0, 0.1) is 5.82 Å². The lowest BCUT2D eigenvalue weighted by molar-refractivity contribution is -0.149. The largest absolute Gasteiger partial charge is 0.465 e. The van der Waals surface area contributed by atoms with Crippen LogP contribution in [0.15, 0.2) is 30.9 Å². The van der Waals surface area contributed by atoms with E-state index in [1.165, 1.54) is 18.2 Å². The number of benzene rings is 1. The van der Waals surface area contributed by atoms with Crippen molar-refractivity contribution < 1.29 is 13.9 Å². The standard InChI is InChI=1S/C14H18FNO2/c1-4-8-14(3,13(17)18-5-2)11-9-10(15)6-7-12(11)16/h4,6-7,9H,1,5,8,16H2,2-3H3. The van der Waals surface area contributed by atoms with E-state index in [1.807, 2.05) is 0 Å². The second kappa shape index (κ2) is 5.67. The number of esters is 1. The van der Waals surface area contributed by atoms with Crippen molar-refractivity contribution in [3.63, 3.8) is 0 Å². The van der Waals surface area contributed by atoms with Gasteiger partial charge in [0.25, 0.3) is 0 Å². The molecule has 0 heterocycles. The van der Waals surface area contributed by atoms with Crippen molar-refractivity contribution in [3.05, 3.63) is 42.2 Å². The Hall–Kier alpha value is -1.84. The number of ether oxygens (including phenoxy) is 1. The fourth-order valence-corrected chi connectivity index (χ4v) is 1.89. The molecule has 2 N–H and O–H groups in total. The molecule has 0 aromatic heterocycles. The fourth-order valence-electron chi connectivity index (χ4n) is 1.89. The number of nitrogen functional groups attached to an aromatic ring is 1. The Morgan fingerprint density at radius 1 is 1.61 bits per heavy atom. The molecule has 0 saturated heterocycles. The summed E-state index contributed by atoms with van der Waals surface area (Å²) in [7, 11) is 0. The molecular formula is C14H18FNO2. The van der Waals surface area contributed by atoms with Crippen LogP contribution in [0.1, 0.15) is 25.8 Å². The number of anilines is 1. The maximum atomic E-state index is 13.3. The Bertz CT molecular complexity index is 459. The molecule has 0 spiro atoms. The van der Waals surface area contributed by atoms with Crippen LogP contribution in [0.25, 0.3) is 0 Å². The van der Waals surface area contributed by atoms with E-state index in [0.29, 0.717) is 17.7 Å². The van der Waals surface area contributed by atoms with Gasteiger partial charge in [-0.2, -0.15) is 0 Å². The highest BCUT2D eigenvalue weighted by molar-refractivity contribution is 5.85. The summed E-state index contributed by atoms with van der Waals surface area (Å²) in [5.41, 5.74) is 5.62. The first-order valence-electron chi connectivity index (χ1n) is 5.79. The third-order valence-electron chi connectivity index (χ3n) is 2.89. The molecule has 0 radical (unpaired) electrons. The van der Waals surface area contributed by atoms with Crippen LogP contribution in [-0.4, -0.2) is 12.6 Å². The Balaban J connectivity index is 3.29. The highest BCUT2D eigenvalue weighted by Crippen LogP contribution is 2.34. The van der Waals surface area contributed by atoms with Gasteiger partial charge in [0, 0.05) is 5.69 Å². The molecule has 0 aliphatic rings. The summed E-state index contributed by atoms with van der Waals surface area (Å²) in [5.74, 6) is -0.860. The van der Waals surface area contributed by atoms with Gasteiger partial charge in [0.15, 0.2) is 0 Å². The lowest BCUT2D eigenvalue weighted by Crippen LogP contribution is -2.35. The second-order valence-corrected chi connectivity index (χ2v) is 4.28. The van der Waals surface area contributed by atoms with Gasteiger partial charge in [0.05, 0.1) is 12.0 Å². The van der Waals surface area contributed by atoms with Gasteiger partial charge in [-0.25, -0.2) is 4.39 Å². The number of halogens is 1. The molecule has 0 aliphatic carbocycles. The minimum Gasteiger partial charge on any atom is -0.465 e. The van der Waals surface area contributed by atoms with Crippen molar-refractivity contribution in [3.8, 4) is 0 Å². The summed E-state index contributed by atoms with van der Waals surface area (Å²) in [5, 5.41) is 0. The van der Waals surface area contributed by atoms with Crippen molar-refractivity contribution in [1.29, 1.82) is 0 Å². The van der Waals surface area contributed by atoms with Gasteiger partial charge < -0.3 is 10.5 Å². The van der Waals surface area contributed by atoms with E-state index in [-0.39, 0.29) is 6.61 Å². The van der Waals surface area contributed by atoms with Gasteiger partial charge in [0.2, 0.25) is 0 Å². The predicted octanol–water partition coefficient (Wildman–Crippen LogP) is 2.80. The van der Waals surface area contributed by atoms with E-state index >= 15 is 0 Å². The van der Waals surface area contributed by atoms with Crippen molar-refractivity contribution in [2.24, 2.45) is 0 Å². The number of rotatable bonds is 5. The van der Waals surface area contributed by atoms with E-state index in [2.05, 4.69) is 6.58 Å². The van der Waals surface area contributed by atoms with E-state index in [4.69, 9.17) is 10.5 Å². The predicted molar refractivity (Wildman–Crippen MR) is 69.6 cm³/mol. The summed E-state index contributed by atoms with van der Waals surface area (Å²) in [6.07, 6.45) is 1.93. The number of nitrogens with two attached hydrogens (primary N) is 1. The van der Waals surface area contributed by atoms with Crippen LogP contribution in [0.3, 0.4) is 0 Å². The lowest BCUT2D eigenvalue weighted by Gasteiger charge is -2.27. The summed E-state index contributed by atoms with van der Waals surface area (Å²) in [6.45, 7) is 7.29. The molecule has 0 saturated carbocycles. The fraction of sp³-hybridized carbons (Fsp3) is 0.357. The van der Waals surface area contributed by atoms with Gasteiger partial charge >= 0.3 is 5.97 Å². The summed E-state index contributed by atoms with van der Waals surface area (Å²) in [6, 6.07) is 3.99. The van der Waals surface area contributed by atoms with Gasteiger partial charge in [-0.05, 0) is 44.0 Å². The van der Waals surface area contributed by atoms with Gasteiger partial charge in [-0.1, -0.05) is 6.08 Å². The van der Waals surface area contributed by atoms with Crippen LogP contribution in [0.4, 0.5) is 10.1 Å². The Labute approximate surface area is 106 Å². The summed E-state index contributed by atoms with van der Waals surface area (Å²) in [4.78, 5) is 12.1. The van der Waals surface area contributed by atoms with Gasteiger partial charge in [-0.15, -0.1) is 6.58 Å². The normalized spacial score (nSPS) is 13.7. The molecule has 0 bridgehead atoms. The zero-order valence-corrected chi connectivity index (χ0v) is 10.7. The number of hydrogen-bond donors (Lipinski definition) is 1. The van der Waals surface area contributed by atoms with Crippen molar-refractivity contribution in [1.82, 2.24) is 0 Å². The molecule has 1 aromatic rings.